The fraction of sp³-hybridized carbons (Fsp3) is 0.286. The first kappa shape index (κ1) is 13.1. The van der Waals surface area contributed by atoms with Gasteiger partial charge < -0.3 is 15.4 Å². The summed E-state index contributed by atoms with van der Waals surface area (Å²) >= 11 is 0. The summed E-state index contributed by atoms with van der Waals surface area (Å²) in [5, 5.41) is 12.5. The maximum atomic E-state index is 11.9. The Kier molecular flexibility index (Phi) is 3.06. The second-order valence-electron chi connectivity index (χ2n) is 5.49. The number of hydrogen-bond donors (Lipinski definition) is 3. The van der Waals surface area contributed by atoms with Gasteiger partial charge in [-0.3, -0.25) is 4.79 Å². The molecule has 0 radical (unpaired) electrons. The summed E-state index contributed by atoms with van der Waals surface area (Å²) in [5.74, 6) is -1.09. The van der Waals surface area contributed by atoms with E-state index in [1.54, 1.807) is 24.3 Å². The standard InChI is InChI=1S/C14H16N2O3/c1-14(2,3)13(19)15-9-4-5-10-8(6-9)7-11(16-10)12(17)18/h4-7,16H,1-3H3,(H,15,19)(H,17,18). The smallest absolute Gasteiger partial charge is 0.352 e. The van der Waals surface area contributed by atoms with Crippen LogP contribution in [0.5, 0.6) is 0 Å². The van der Waals surface area contributed by atoms with Gasteiger partial charge in [0.15, 0.2) is 0 Å². The van der Waals surface area contributed by atoms with E-state index in [1.165, 1.54) is 0 Å². The van der Waals surface area contributed by atoms with E-state index in [0.717, 1.165) is 10.9 Å². The van der Waals surface area contributed by atoms with Crippen molar-refractivity contribution in [1.82, 2.24) is 4.98 Å². The molecule has 5 nitrogen and oxygen atoms in total. The maximum Gasteiger partial charge on any atom is 0.352 e. The highest BCUT2D eigenvalue weighted by Gasteiger charge is 2.21. The molecule has 1 aromatic carbocycles. The molecule has 5 heteroatoms. The zero-order valence-electron chi connectivity index (χ0n) is 11.1. The Labute approximate surface area is 110 Å². The number of carbonyl (C=O) groups is 2. The van der Waals surface area contributed by atoms with Gasteiger partial charge in [-0.25, -0.2) is 4.79 Å². The van der Waals surface area contributed by atoms with E-state index in [0.29, 0.717) is 5.69 Å². The van der Waals surface area contributed by atoms with Gasteiger partial charge in [0.2, 0.25) is 5.91 Å². The molecule has 0 saturated heterocycles. The topological polar surface area (TPSA) is 82.2 Å². The summed E-state index contributed by atoms with van der Waals surface area (Å²) in [5.41, 5.74) is 1.04. The van der Waals surface area contributed by atoms with Gasteiger partial charge in [-0.2, -0.15) is 0 Å². The number of carbonyl (C=O) groups excluding carboxylic acids is 1. The predicted octanol–water partition coefficient (Wildman–Crippen LogP) is 2.85. The van der Waals surface area contributed by atoms with Crippen LogP contribution in [0.2, 0.25) is 0 Å². The molecule has 0 aliphatic carbocycles. The molecule has 3 N–H and O–H groups in total. The van der Waals surface area contributed by atoms with Crippen LogP contribution in [0, 0.1) is 5.41 Å². The molecule has 1 heterocycles. The number of carboxylic acid groups (broad SMARTS) is 1. The Balaban J connectivity index is 2.31. The van der Waals surface area contributed by atoms with E-state index < -0.39 is 11.4 Å². The molecule has 0 unspecified atom stereocenters. The Bertz CT molecular complexity index is 650. The van der Waals surface area contributed by atoms with E-state index >= 15 is 0 Å². The normalized spacial score (nSPS) is 11.5. The summed E-state index contributed by atoms with van der Waals surface area (Å²) in [6.45, 7) is 5.50. The van der Waals surface area contributed by atoms with Crippen LogP contribution in [0.25, 0.3) is 10.9 Å². The van der Waals surface area contributed by atoms with Gasteiger partial charge in [-0.05, 0) is 24.3 Å². The zero-order chi connectivity index (χ0) is 14.2. The van der Waals surface area contributed by atoms with Gasteiger partial charge in [-0.15, -0.1) is 0 Å². The maximum absolute atomic E-state index is 11.9. The Morgan fingerprint density at radius 3 is 2.47 bits per heavy atom. The molecule has 100 valence electrons. The molecule has 0 fully saturated rings. The molecule has 1 amide bonds. The molecule has 0 aliphatic rings. The lowest BCUT2D eigenvalue weighted by Gasteiger charge is -2.17. The quantitative estimate of drug-likeness (QED) is 0.776. The summed E-state index contributed by atoms with van der Waals surface area (Å²) in [6, 6.07) is 6.79. The van der Waals surface area contributed by atoms with Crippen molar-refractivity contribution in [2.75, 3.05) is 5.32 Å². The fourth-order valence-electron chi connectivity index (χ4n) is 1.64. The van der Waals surface area contributed by atoms with Gasteiger partial charge in [0.05, 0.1) is 0 Å². The van der Waals surface area contributed by atoms with Crippen LogP contribution in [0.1, 0.15) is 31.3 Å². The lowest BCUT2D eigenvalue weighted by atomic mass is 9.95. The Hall–Kier alpha value is -2.30. The number of carboxylic acids is 1. The first-order valence-corrected chi connectivity index (χ1v) is 5.95. The van der Waals surface area contributed by atoms with E-state index in [1.807, 2.05) is 20.8 Å². The SMILES string of the molecule is CC(C)(C)C(=O)Nc1ccc2[nH]c(C(=O)O)cc2c1. The molecular weight excluding hydrogens is 244 g/mol. The third kappa shape index (κ3) is 2.76. The molecule has 0 atom stereocenters. The van der Waals surface area contributed by atoms with Gasteiger partial charge in [-0.1, -0.05) is 20.8 Å². The van der Waals surface area contributed by atoms with Gasteiger partial charge >= 0.3 is 5.97 Å². The van der Waals surface area contributed by atoms with Crippen LogP contribution in [-0.2, 0) is 4.79 Å². The number of benzene rings is 1. The van der Waals surface area contributed by atoms with Gasteiger partial charge in [0, 0.05) is 22.0 Å². The minimum Gasteiger partial charge on any atom is -0.477 e. The highest BCUT2D eigenvalue weighted by molar-refractivity contribution is 5.98. The van der Waals surface area contributed by atoms with Crippen LogP contribution in [0.4, 0.5) is 5.69 Å². The molecule has 2 rings (SSSR count). The van der Waals surface area contributed by atoms with E-state index in [9.17, 15) is 9.59 Å². The van der Waals surface area contributed by atoms with Crippen LogP contribution < -0.4 is 5.32 Å². The largest absolute Gasteiger partial charge is 0.477 e. The third-order valence-corrected chi connectivity index (χ3v) is 2.79. The molecule has 0 bridgehead atoms. The first-order chi connectivity index (χ1) is 8.77. The van der Waals surface area contributed by atoms with Crippen molar-refractivity contribution >= 4 is 28.5 Å². The van der Waals surface area contributed by atoms with E-state index in [4.69, 9.17) is 5.11 Å². The van der Waals surface area contributed by atoms with Crippen LogP contribution in [0.3, 0.4) is 0 Å². The zero-order valence-corrected chi connectivity index (χ0v) is 11.1. The van der Waals surface area contributed by atoms with Crippen LogP contribution in [-0.4, -0.2) is 22.0 Å². The number of nitrogens with one attached hydrogen (secondary N) is 2. The Morgan fingerprint density at radius 2 is 1.89 bits per heavy atom. The number of fused-ring (bicyclic) bond motifs is 1. The van der Waals surface area contributed by atoms with Gasteiger partial charge in [0.25, 0.3) is 0 Å². The van der Waals surface area contributed by atoms with E-state index in [-0.39, 0.29) is 11.6 Å². The molecule has 0 aliphatic heterocycles. The van der Waals surface area contributed by atoms with Crippen molar-refractivity contribution in [3.05, 3.63) is 30.0 Å². The van der Waals surface area contributed by atoms with Crippen molar-refractivity contribution < 1.29 is 14.7 Å². The molecule has 0 saturated carbocycles. The number of aromatic carboxylic acids is 1. The minimum atomic E-state index is -1.00. The van der Waals surface area contributed by atoms with Crippen LogP contribution >= 0.6 is 0 Å². The molecule has 1 aromatic heterocycles. The number of rotatable bonds is 2. The molecule has 0 spiro atoms. The predicted molar refractivity (Wildman–Crippen MR) is 73.3 cm³/mol. The highest BCUT2D eigenvalue weighted by atomic mass is 16.4. The number of H-pyrrole nitrogens is 1. The average Bonchev–Trinajstić information content (AvgIpc) is 2.70. The summed E-state index contributed by atoms with van der Waals surface area (Å²) < 4.78 is 0. The van der Waals surface area contributed by atoms with Gasteiger partial charge in [0.1, 0.15) is 5.69 Å². The number of anilines is 1. The number of aromatic nitrogens is 1. The second kappa shape index (κ2) is 4.42. The highest BCUT2D eigenvalue weighted by Crippen LogP contribution is 2.22. The van der Waals surface area contributed by atoms with Crippen molar-refractivity contribution in [3.63, 3.8) is 0 Å². The van der Waals surface area contributed by atoms with Crippen molar-refractivity contribution in [2.45, 2.75) is 20.8 Å². The summed E-state index contributed by atoms with van der Waals surface area (Å²) in [7, 11) is 0. The number of hydrogen-bond acceptors (Lipinski definition) is 2. The summed E-state index contributed by atoms with van der Waals surface area (Å²) in [6.07, 6.45) is 0. The van der Waals surface area contributed by atoms with Crippen LogP contribution in [0.15, 0.2) is 24.3 Å². The molecule has 2 aromatic rings. The lowest BCUT2D eigenvalue weighted by molar-refractivity contribution is -0.123. The summed E-state index contributed by atoms with van der Waals surface area (Å²) in [4.78, 5) is 25.5. The number of aromatic amines is 1. The molecular formula is C14H16N2O3. The average molecular weight is 260 g/mol. The minimum absolute atomic E-state index is 0.0826. The lowest BCUT2D eigenvalue weighted by Crippen LogP contribution is -2.27. The third-order valence-electron chi connectivity index (χ3n) is 2.79. The number of amides is 1. The van der Waals surface area contributed by atoms with Crippen molar-refractivity contribution in [2.24, 2.45) is 5.41 Å². The van der Waals surface area contributed by atoms with E-state index in [2.05, 4.69) is 10.3 Å². The van der Waals surface area contributed by atoms with Crippen molar-refractivity contribution in [3.8, 4) is 0 Å². The molecule has 19 heavy (non-hydrogen) atoms. The fourth-order valence-corrected chi connectivity index (χ4v) is 1.64. The van der Waals surface area contributed by atoms with Crippen molar-refractivity contribution in [1.29, 1.82) is 0 Å². The first-order valence-electron chi connectivity index (χ1n) is 5.95. The Morgan fingerprint density at radius 1 is 1.21 bits per heavy atom. The second-order valence-corrected chi connectivity index (χ2v) is 5.49. The monoisotopic (exact) mass is 260 g/mol.